The summed E-state index contributed by atoms with van der Waals surface area (Å²) < 4.78 is 10.5. The molecule has 0 amide bonds. The van der Waals surface area contributed by atoms with E-state index in [1.807, 2.05) is 19.1 Å². The van der Waals surface area contributed by atoms with E-state index in [2.05, 4.69) is 18.6 Å². The SMILES string of the molecule is CCC(O)CCC(C)(C)COCCc1ccc(C(=O)OC)cc1. The lowest BCUT2D eigenvalue weighted by molar-refractivity contribution is 0.0480. The highest BCUT2D eigenvalue weighted by atomic mass is 16.5. The number of benzene rings is 1. The largest absolute Gasteiger partial charge is 0.465 e. The van der Waals surface area contributed by atoms with Crippen LogP contribution in [0.15, 0.2) is 24.3 Å². The van der Waals surface area contributed by atoms with Crippen LogP contribution in [0.2, 0.25) is 0 Å². The molecule has 1 rings (SSSR count). The maximum atomic E-state index is 11.4. The van der Waals surface area contributed by atoms with Crippen LogP contribution in [0.1, 0.15) is 56.0 Å². The fraction of sp³-hybridized carbons (Fsp3) is 0.632. The lowest BCUT2D eigenvalue weighted by Gasteiger charge is -2.25. The molecule has 0 fully saturated rings. The van der Waals surface area contributed by atoms with Crippen LogP contribution >= 0.6 is 0 Å². The average molecular weight is 322 g/mol. The molecule has 1 aromatic rings. The Bertz CT molecular complexity index is 465. The van der Waals surface area contributed by atoms with Crippen LogP contribution in [-0.2, 0) is 15.9 Å². The van der Waals surface area contributed by atoms with E-state index >= 15 is 0 Å². The molecule has 0 aromatic heterocycles. The first-order chi connectivity index (χ1) is 10.9. The predicted molar refractivity (Wildman–Crippen MR) is 91.6 cm³/mol. The van der Waals surface area contributed by atoms with Crippen molar-refractivity contribution in [3.63, 3.8) is 0 Å². The minimum atomic E-state index is -0.316. The Labute approximate surface area is 139 Å². The summed E-state index contributed by atoms with van der Waals surface area (Å²) in [6.07, 6.45) is 3.19. The number of ether oxygens (including phenoxy) is 2. The molecule has 1 N–H and O–H groups in total. The number of esters is 1. The highest BCUT2D eigenvalue weighted by molar-refractivity contribution is 5.89. The highest BCUT2D eigenvalue weighted by Crippen LogP contribution is 2.24. The van der Waals surface area contributed by atoms with E-state index in [4.69, 9.17) is 4.74 Å². The molecule has 0 aliphatic rings. The Morgan fingerprint density at radius 3 is 2.48 bits per heavy atom. The van der Waals surface area contributed by atoms with Gasteiger partial charge in [-0.15, -0.1) is 0 Å². The monoisotopic (exact) mass is 322 g/mol. The zero-order valence-corrected chi connectivity index (χ0v) is 14.8. The summed E-state index contributed by atoms with van der Waals surface area (Å²) in [7, 11) is 1.38. The number of carbonyl (C=O) groups is 1. The van der Waals surface area contributed by atoms with Gasteiger partial charge >= 0.3 is 5.97 Å². The maximum Gasteiger partial charge on any atom is 0.337 e. The van der Waals surface area contributed by atoms with E-state index in [1.165, 1.54) is 7.11 Å². The fourth-order valence-electron chi connectivity index (χ4n) is 2.30. The van der Waals surface area contributed by atoms with Gasteiger partial charge in [0.2, 0.25) is 0 Å². The molecule has 0 aliphatic heterocycles. The Balaban J connectivity index is 2.29. The number of hydrogen-bond acceptors (Lipinski definition) is 4. The lowest BCUT2D eigenvalue weighted by Crippen LogP contribution is -2.22. The molecule has 4 nitrogen and oxygen atoms in total. The Hall–Kier alpha value is -1.39. The van der Waals surface area contributed by atoms with Crippen molar-refractivity contribution in [2.45, 2.75) is 52.6 Å². The van der Waals surface area contributed by atoms with Gasteiger partial charge in [-0.25, -0.2) is 4.79 Å². The Morgan fingerprint density at radius 1 is 1.26 bits per heavy atom. The van der Waals surface area contributed by atoms with Crippen LogP contribution in [0.25, 0.3) is 0 Å². The molecule has 23 heavy (non-hydrogen) atoms. The van der Waals surface area contributed by atoms with Gasteiger partial charge in [-0.2, -0.15) is 0 Å². The molecule has 1 atom stereocenters. The second-order valence-corrected chi connectivity index (χ2v) is 6.76. The van der Waals surface area contributed by atoms with Gasteiger partial charge in [0.15, 0.2) is 0 Å². The first kappa shape index (κ1) is 19.7. The van der Waals surface area contributed by atoms with Gasteiger partial charge < -0.3 is 14.6 Å². The molecule has 0 aliphatic carbocycles. The number of aliphatic hydroxyl groups excluding tert-OH is 1. The number of carbonyl (C=O) groups excluding carboxylic acids is 1. The minimum absolute atomic E-state index is 0.0743. The fourth-order valence-corrected chi connectivity index (χ4v) is 2.30. The Morgan fingerprint density at radius 2 is 1.91 bits per heavy atom. The van der Waals surface area contributed by atoms with Crippen LogP contribution in [0, 0.1) is 5.41 Å². The number of hydrogen-bond donors (Lipinski definition) is 1. The lowest BCUT2D eigenvalue weighted by atomic mass is 9.87. The normalized spacial score (nSPS) is 12.9. The summed E-state index contributed by atoms with van der Waals surface area (Å²) in [5, 5.41) is 9.65. The zero-order chi connectivity index (χ0) is 17.3. The third kappa shape index (κ3) is 7.62. The van der Waals surface area contributed by atoms with E-state index in [9.17, 15) is 9.90 Å². The quantitative estimate of drug-likeness (QED) is 0.528. The number of methoxy groups -OCH3 is 1. The summed E-state index contributed by atoms with van der Waals surface area (Å²) in [4.78, 5) is 11.4. The Kier molecular flexibility index (Phi) is 8.28. The van der Waals surface area contributed by atoms with E-state index in [-0.39, 0.29) is 17.5 Å². The summed E-state index contributed by atoms with van der Waals surface area (Å²) in [5.74, 6) is -0.316. The van der Waals surface area contributed by atoms with E-state index in [0.717, 1.165) is 31.2 Å². The summed E-state index contributed by atoms with van der Waals surface area (Å²) >= 11 is 0. The van der Waals surface area contributed by atoms with Crippen molar-refractivity contribution in [1.29, 1.82) is 0 Å². The third-order valence-electron chi connectivity index (χ3n) is 4.03. The third-order valence-corrected chi connectivity index (χ3v) is 4.03. The average Bonchev–Trinajstić information content (AvgIpc) is 2.56. The van der Waals surface area contributed by atoms with Crippen molar-refractivity contribution in [1.82, 2.24) is 0 Å². The molecule has 0 bridgehead atoms. The van der Waals surface area contributed by atoms with Gasteiger partial charge in [0.05, 0.1) is 32.0 Å². The van der Waals surface area contributed by atoms with Crippen molar-refractivity contribution in [2.75, 3.05) is 20.3 Å². The van der Waals surface area contributed by atoms with Crippen LogP contribution in [0.3, 0.4) is 0 Å². The van der Waals surface area contributed by atoms with Crippen LogP contribution in [0.4, 0.5) is 0 Å². The molecular weight excluding hydrogens is 292 g/mol. The summed E-state index contributed by atoms with van der Waals surface area (Å²) in [5.41, 5.74) is 1.77. The van der Waals surface area contributed by atoms with Crippen LogP contribution < -0.4 is 0 Å². The maximum absolute atomic E-state index is 11.4. The number of aliphatic hydroxyl groups is 1. The van der Waals surface area contributed by atoms with Crippen molar-refractivity contribution < 1.29 is 19.4 Å². The van der Waals surface area contributed by atoms with Crippen molar-refractivity contribution in [3.8, 4) is 0 Å². The molecule has 1 unspecified atom stereocenters. The molecule has 0 radical (unpaired) electrons. The van der Waals surface area contributed by atoms with Crippen LogP contribution in [-0.4, -0.2) is 37.5 Å². The molecule has 0 saturated heterocycles. The van der Waals surface area contributed by atoms with Gasteiger partial charge in [-0.3, -0.25) is 0 Å². The smallest absolute Gasteiger partial charge is 0.337 e. The molecule has 0 spiro atoms. The second kappa shape index (κ2) is 9.68. The molecule has 130 valence electrons. The van der Waals surface area contributed by atoms with Crippen molar-refractivity contribution in [2.24, 2.45) is 5.41 Å². The highest BCUT2D eigenvalue weighted by Gasteiger charge is 2.19. The summed E-state index contributed by atoms with van der Waals surface area (Å²) in [6.45, 7) is 7.67. The molecule has 0 heterocycles. The topological polar surface area (TPSA) is 55.8 Å². The molecule has 0 saturated carbocycles. The molecular formula is C19H30O4. The second-order valence-electron chi connectivity index (χ2n) is 6.76. The molecule has 4 heteroatoms. The minimum Gasteiger partial charge on any atom is -0.465 e. The first-order valence-corrected chi connectivity index (χ1v) is 8.31. The van der Waals surface area contributed by atoms with Crippen molar-refractivity contribution in [3.05, 3.63) is 35.4 Å². The van der Waals surface area contributed by atoms with Gasteiger partial charge in [-0.1, -0.05) is 32.9 Å². The van der Waals surface area contributed by atoms with Crippen molar-refractivity contribution >= 4 is 5.97 Å². The first-order valence-electron chi connectivity index (χ1n) is 8.31. The summed E-state index contributed by atoms with van der Waals surface area (Å²) in [6, 6.07) is 7.41. The predicted octanol–water partition coefficient (Wildman–Crippen LogP) is 3.61. The van der Waals surface area contributed by atoms with Gasteiger partial charge in [0.25, 0.3) is 0 Å². The van der Waals surface area contributed by atoms with Gasteiger partial charge in [-0.05, 0) is 48.8 Å². The number of rotatable bonds is 10. The van der Waals surface area contributed by atoms with E-state index in [0.29, 0.717) is 18.8 Å². The van der Waals surface area contributed by atoms with Gasteiger partial charge in [0.1, 0.15) is 0 Å². The van der Waals surface area contributed by atoms with Gasteiger partial charge in [0, 0.05) is 0 Å². The van der Waals surface area contributed by atoms with E-state index in [1.54, 1.807) is 12.1 Å². The van der Waals surface area contributed by atoms with E-state index < -0.39 is 0 Å². The van der Waals surface area contributed by atoms with Crippen LogP contribution in [0.5, 0.6) is 0 Å². The standard InChI is InChI=1S/C19H30O4/c1-5-17(20)10-12-19(2,3)14-23-13-11-15-6-8-16(9-7-15)18(21)22-4/h6-9,17,20H,5,10-14H2,1-4H3. The zero-order valence-electron chi connectivity index (χ0n) is 14.8. The molecule has 1 aromatic carbocycles.